The summed E-state index contributed by atoms with van der Waals surface area (Å²) < 4.78 is 43.8. The number of ether oxygens (including phenoxy) is 1. The first-order chi connectivity index (χ1) is 11.9. The van der Waals surface area contributed by atoms with Crippen molar-refractivity contribution in [2.75, 3.05) is 32.8 Å². The van der Waals surface area contributed by atoms with Gasteiger partial charge < -0.3 is 9.84 Å². The molecule has 6 heteroatoms. The van der Waals surface area contributed by atoms with Gasteiger partial charge in [0.05, 0.1) is 24.9 Å². The summed E-state index contributed by atoms with van der Waals surface area (Å²) in [6, 6.07) is 12.3. The molecule has 1 aliphatic rings. The third kappa shape index (κ3) is 4.60. The highest BCUT2D eigenvalue weighted by Gasteiger charge is 2.30. The second-order valence-electron chi connectivity index (χ2n) is 6.13. The van der Waals surface area contributed by atoms with Crippen molar-refractivity contribution >= 4 is 0 Å². The zero-order chi connectivity index (χ0) is 17.9. The molecule has 1 saturated heterocycles. The predicted molar refractivity (Wildman–Crippen MR) is 89.1 cm³/mol. The molecule has 1 aliphatic heterocycles. The average molecular weight is 351 g/mol. The van der Waals surface area contributed by atoms with Crippen LogP contribution in [0.1, 0.15) is 17.2 Å². The number of aliphatic hydroxyl groups is 1. The minimum atomic E-state index is -4.36. The van der Waals surface area contributed by atoms with E-state index >= 15 is 0 Å². The zero-order valence-corrected chi connectivity index (χ0v) is 13.7. The summed E-state index contributed by atoms with van der Waals surface area (Å²) in [5.74, 6) is 0. The van der Waals surface area contributed by atoms with Crippen molar-refractivity contribution in [1.29, 1.82) is 0 Å². The molecule has 0 aliphatic carbocycles. The summed E-state index contributed by atoms with van der Waals surface area (Å²) in [5.41, 5.74) is 1.28. The molecule has 0 aromatic heterocycles. The number of alkyl halides is 3. The Kier molecular flexibility index (Phi) is 5.42. The second-order valence-corrected chi connectivity index (χ2v) is 6.13. The van der Waals surface area contributed by atoms with E-state index in [1.54, 1.807) is 30.3 Å². The molecule has 1 heterocycles. The minimum Gasteiger partial charge on any atom is -0.387 e. The first-order valence-electron chi connectivity index (χ1n) is 8.19. The van der Waals surface area contributed by atoms with E-state index in [0.29, 0.717) is 30.9 Å². The number of aliphatic hydroxyl groups excluding tert-OH is 1. The summed E-state index contributed by atoms with van der Waals surface area (Å²) in [4.78, 5) is 2.13. The van der Waals surface area contributed by atoms with Crippen LogP contribution in [0.3, 0.4) is 0 Å². The highest BCUT2D eigenvalue weighted by Crippen LogP contribution is 2.32. The van der Waals surface area contributed by atoms with E-state index in [1.807, 2.05) is 0 Å². The largest absolute Gasteiger partial charge is 0.416 e. The first kappa shape index (κ1) is 17.9. The number of benzene rings is 2. The van der Waals surface area contributed by atoms with Crippen LogP contribution in [0, 0.1) is 0 Å². The smallest absolute Gasteiger partial charge is 0.387 e. The average Bonchev–Trinajstić information content (AvgIpc) is 2.62. The SMILES string of the molecule is O[C@@H](CN1CCOCC1)c1ccc(-c2cccc(C(F)(F)F)c2)cc1. The van der Waals surface area contributed by atoms with Gasteiger partial charge in [-0.05, 0) is 28.8 Å². The summed E-state index contributed by atoms with van der Waals surface area (Å²) >= 11 is 0. The first-order valence-corrected chi connectivity index (χ1v) is 8.19. The van der Waals surface area contributed by atoms with Gasteiger partial charge in [-0.15, -0.1) is 0 Å². The van der Waals surface area contributed by atoms with Crippen LogP contribution in [0.5, 0.6) is 0 Å². The van der Waals surface area contributed by atoms with Gasteiger partial charge in [0.1, 0.15) is 0 Å². The van der Waals surface area contributed by atoms with Gasteiger partial charge in [0.2, 0.25) is 0 Å². The van der Waals surface area contributed by atoms with Crippen molar-refractivity contribution in [3.8, 4) is 11.1 Å². The third-order valence-electron chi connectivity index (χ3n) is 4.35. The van der Waals surface area contributed by atoms with Gasteiger partial charge in [-0.1, -0.05) is 36.4 Å². The number of nitrogens with zero attached hydrogens (tertiary/aromatic N) is 1. The Morgan fingerprint density at radius 3 is 2.32 bits per heavy atom. The number of hydrogen-bond donors (Lipinski definition) is 1. The molecule has 0 radical (unpaired) electrons. The number of halogens is 3. The van der Waals surface area contributed by atoms with E-state index < -0.39 is 17.8 Å². The second kappa shape index (κ2) is 7.56. The molecule has 2 aromatic rings. The molecule has 3 nitrogen and oxygen atoms in total. The van der Waals surface area contributed by atoms with Gasteiger partial charge >= 0.3 is 6.18 Å². The predicted octanol–water partition coefficient (Wildman–Crippen LogP) is 3.74. The molecule has 1 fully saturated rings. The molecule has 1 atom stereocenters. The molecule has 0 unspecified atom stereocenters. The lowest BCUT2D eigenvalue weighted by atomic mass is 10.00. The lowest BCUT2D eigenvalue weighted by molar-refractivity contribution is -0.137. The van der Waals surface area contributed by atoms with E-state index in [4.69, 9.17) is 4.74 Å². The Balaban J connectivity index is 1.71. The van der Waals surface area contributed by atoms with Crippen LogP contribution in [0.25, 0.3) is 11.1 Å². The molecular formula is C19H20F3NO2. The summed E-state index contributed by atoms with van der Waals surface area (Å²) in [5, 5.41) is 10.4. The van der Waals surface area contributed by atoms with Crippen molar-refractivity contribution in [1.82, 2.24) is 4.90 Å². The van der Waals surface area contributed by atoms with Crippen molar-refractivity contribution in [2.45, 2.75) is 12.3 Å². The zero-order valence-electron chi connectivity index (χ0n) is 13.7. The molecule has 25 heavy (non-hydrogen) atoms. The quantitative estimate of drug-likeness (QED) is 0.911. The molecule has 0 saturated carbocycles. The maximum atomic E-state index is 12.8. The van der Waals surface area contributed by atoms with Crippen molar-refractivity contribution in [3.63, 3.8) is 0 Å². The molecule has 134 valence electrons. The van der Waals surface area contributed by atoms with E-state index in [9.17, 15) is 18.3 Å². The third-order valence-corrected chi connectivity index (χ3v) is 4.35. The van der Waals surface area contributed by atoms with Gasteiger partial charge in [-0.25, -0.2) is 0 Å². The van der Waals surface area contributed by atoms with E-state index in [2.05, 4.69) is 4.90 Å². The Labute approximate surface area is 144 Å². The maximum absolute atomic E-state index is 12.8. The minimum absolute atomic E-state index is 0.504. The lowest BCUT2D eigenvalue weighted by Gasteiger charge is -2.28. The highest BCUT2D eigenvalue weighted by molar-refractivity contribution is 5.64. The lowest BCUT2D eigenvalue weighted by Crippen LogP contribution is -2.38. The Morgan fingerprint density at radius 2 is 1.68 bits per heavy atom. The fourth-order valence-corrected chi connectivity index (χ4v) is 2.91. The number of rotatable bonds is 4. The van der Waals surface area contributed by atoms with Crippen molar-refractivity contribution in [3.05, 3.63) is 59.7 Å². The number of hydrogen-bond acceptors (Lipinski definition) is 3. The summed E-state index contributed by atoms with van der Waals surface area (Å²) in [6.45, 7) is 3.44. The van der Waals surface area contributed by atoms with Crippen molar-refractivity contribution in [2.24, 2.45) is 0 Å². The maximum Gasteiger partial charge on any atom is 0.416 e. The molecule has 0 spiro atoms. The molecule has 1 N–H and O–H groups in total. The van der Waals surface area contributed by atoms with Gasteiger partial charge in [-0.2, -0.15) is 13.2 Å². The summed E-state index contributed by atoms with van der Waals surface area (Å²) in [6.07, 6.45) is -4.99. The summed E-state index contributed by atoms with van der Waals surface area (Å²) in [7, 11) is 0. The normalized spacial score (nSPS) is 17.4. The Hall–Kier alpha value is -1.89. The van der Waals surface area contributed by atoms with E-state index in [0.717, 1.165) is 30.8 Å². The van der Waals surface area contributed by atoms with Crippen LogP contribution in [-0.4, -0.2) is 42.9 Å². The standard InChI is InChI=1S/C19H20F3NO2/c20-19(21,22)17-3-1-2-16(12-17)14-4-6-15(7-5-14)18(24)13-23-8-10-25-11-9-23/h1-7,12,18,24H,8-11,13H2/t18-/m0/s1. The Bertz CT molecular complexity index is 695. The topological polar surface area (TPSA) is 32.7 Å². The van der Waals surface area contributed by atoms with Gasteiger partial charge in [0.25, 0.3) is 0 Å². The number of morpholine rings is 1. The van der Waals surface area contributed by atoms with Crippen LogP contribution < -0.4 is 0 Å². The molecule has 0 bridgehead atoms. The van der Waals surface area contributed by atoms with Gasteiger partial charge in [0, 0.05) is 19.6 Å². The monoisotopic (exact) mass is 351 g/mol. The van der Waals surface area contributed by atoms with Crippen LogP contribution in [0.15, 0.2) is 48.5 Å². The molecular weight excluding hydrogens is 331 g/mol. The van der Waals surface area contributed by atoms with Crippen molar-refractivity contribution < 1.29 is 23.0 Å². The van der Waals surface area contributed by atoms with Gasteiger partial charge in [0.15, 0.2) is 0 Å². The van der Waals surface area contributed by atoms with Crippen LogP contribution in [0.4, 0.5) is 13.2 Å². The van der Waals surface area contributed by atoms with Gasteiger partial charge in [-0.3, -0.25) is 4.90 Å². The van der Waals surface area contributed by atoms with E-state index in [-0.39, 0.29) is 0 Å². The fourth-order valence-electron chi connectivity index (χ4n) is 2.91. The highest BCUT2D eigenvalue weighted by atomic mass is 19.4. The van der Waals surface area contributed by atoms with Crippen LogP contribution >= 0.6 is 0 Å². The fraction of sp³-hybridized carbons (Fsp3) is 0.368. The van der Waals surface area contributed by atoms with E-state index in [1.165, 1.54) is 6.07 Å². The van der Waals surface area contributed by atoms with Crippen LogP contribution in [0.2, 0.25) is 0 Å². The Morgan fingerprint density at radius 1 is 1.00 bits per heavy atom. The van der Waals surface area contributed by atoms with Crippen LogP contribution in [-0.2, 0) is 10.9 Å². The number of β-amino-alcohol motifs (C(OH)–C–C–N with tert-alkyl or cyclic N) is 1. The molecule has 3 rings (SSSR count). The molecule has 2 aromatic carbocycles. The molecule has 0 amide bonds.